The van der Waals surface area contributed by atoms with Gasteiger partial charge in [0.2, 0.25) is 0 Å². The van der Waals surface area contributed by atoms with Crippen LogP contribution < -0.4 is 4.90 Å². The van der Waals surface area contributed by atoms with Gasteiger partial charge in [0.15, 0.2) is 0 Å². The number of carbonyl (C=O) groups is 1. The number of anilines is 1. The van der Waals surface area contributed by atoms with Crippen molar-refractivity contribution in [1.29, 1.82) is 0 Å². The molecule has 1 fully saturated rings. The van der Waals surface area contributed by atoms with E-state index >= 15 is 0 Å². The van der Waals surface area contributed by atoms with Gasteiger partial charge in [-0.2, -0.15) is 5.10 Å². The Hall–Kier alpha value is -3.83. The summed E-state index contributed by atoms with van der Waals surface area (Å²) in [7, 11) is -3.01. The van der Waals surface area contributed by atoms with E-state index in [4.69, 9.17) is 14.5 Å². The third kappa shape index (κ3) is 4.79. The third-order valence-electron chi connectivity index (χ3n) is 5.90. The molecule has 1 unspecified atom stereocenters. The summed E-state index contributed by atoms with van der Waals surface area (Å²) in [6.07, 6.45) is 4.01. The van der Waals surface area contributed by atoms with Gasteiger partial charge in [-0.25, -0.2) is 14.0 Å². The minimum atomic E-state index is -3.01. The second-order valence-electron chi connectivity index (χ2n) is 8.27. The summed E-state index contributed by atoms with van der Waals surface area (Å²) in [4.78, 5) is 24.1. The van der Waals surface area contributed by atoms with Crippen molar-refractivity contribution in [2.45, 2.75) is 11.8 Å². The Morgan fingerprint density at radius 1 is 1.19 bits per heavy atom. The molecule has 11 heteroatoms. The lowest BCUT2D eigenvalue weighted by atomic mass is 10.00. The quantitative estimate of drug-likeness (QED) is 0.429. The second kappa shape index (κ2) is 10.0. The van der Waals surface area contributed by atoms with Crippen molar-refractivity contribution >= 4 is 32.5 Å². The molecule has 10 nitrogen and oxygen atoms in total. The molecule has 1 saturated heterocycles. The van der Waals surface area contributed by atoms with Crippen LogP contribution in [0.2, 0.25) is 0 Å². The number of amides is 1. The zero-order valence-corrected chi connectivity index (χ0v) is 20.8. The number of hydrogen-bond donors (Lipinski definition) is 1. The van der Waals surface area contributed by atoms with Gasteiger partial charge in [-0.1, -0.05) is 12.1 Å². The Balaban J connectivity index is 1.70. The van der Waals surface area contributed by atoms with Crippen LogP contribution in [-0.4, -0.2) is 69.6 Å². The van der Waals surface area contributed by atoms with E-state index in [9.17, 15) is 9.00 Å². The molecule has 1 N–H and O–H groups in total. The summed E-state index contributed by atoms with van der Waals surface area (Å²) in [5.41, 5.74) is 3.90. The molecule has 0 spiro atoms. The van der Waals surface area contributed by atoms with Crippen LogP contribution in [0.25, 0.3) is 33.4 Å². The maximum absolute atomic E-state index is 13.3. The molecule has 5 rings (SSSR count). The van der Waals surface area contributed by atoms with Crippen LogP contribution in [0.15, 0.2) is 64.1 Å². The van der Waals surface area contributed by atoms with Crippen LogP contribution in [0.5, 0.6) is 0 Å². The SMILES string of the molecule is CCOC(=O)N=S(C)(=O)c1cccc(-c2cc(N3CCOCC3)nc3c(-c4ccn[nH]4)nccc23)c1. The number of rotatable bonds is 5. The first-order valence-corrected chi connectivity index (χ1v) is 13.5. The number of benzene rings is 1. The number of ether oxygens (including phenoxy) is 2. The van der Waals surface area contributed by atoms with E-state index in [0.717, 1.165) is 46.6 Å². The van der Waals surface area contributed by atoms with E-state index in [1.165, 1.54) is 6.26 Å². The van der Waals surface area contributed by atoms with E-state index in [1.807, 2.05) is 30.3 Å². The Morgan fingerprint density at radius 2 is 2.03 bits per heavy atom. The maximum atomic E-state index is 13.3. The largest absolute Gasteiger partial charge is 0.448 e. The van der Waals surface area contributed by atoms with Crippen LogP contribution in [-0.2, 0) is 19.2 Å². The molecule has 0 radical (unpaired) electrons. The van der Waals surface area contributed by atoms with Crippen molar-refractivity contribution < 1.29 is 18.5 Å². The van der Waals surface area contributed by atoms with Crippen molar-refractivity contribution in [1.82, 2.24) is 20.2 Å². The molecule has 0 aliphatic carbocycles. The second-order valence-corrected chi connectivity index (χ2v) is 10.5. The molecule has 4 aromatic rings. The highest BCUT2D eigenvalue weighted by atomic mass is 32.2. The zero-order valence-electron chi connectivity index (χ0n) is 20.0. The van der Waals surface area contributed by atoms with E-state index in [-0.39, 0.29) is 6.61 Å². The van der Waals surface area contributed by atoms with Gasteiger partial charge in [-0.05, 0) is 48.4 Å². The van der Waals surface area contributed by atoms with Gasteiger partial charge in [0.1, 0.15) is 17.0 Å². The highest BCUT2D eigenvalue weighted by Crippen LogP contribution is 2.35. The van der Waals surface area contributed by atoms with E-state index in [1.54, 1.807) is 31.5 Å². The molecule has 1 aliphatic rings. The fraction of sp³-hybridized carbons (Fsp3) is 0.280. The summed E-state index contributed by atoms with van der Waals surface area (Å²) in [6, 6.07) is 13.1. The highest BCUT2D eigenvalue weighted by Gasteiger charge is 2.20. The number of pyridine rings is 2. The van der Waals surface area contributed by atoms with Crippen LogP contribution in [0.4, 0.5) is 10.6 Å². The molecular weight excluding hydrogens is 480 g/mol. The summed E-state index contributed by atoms with van der Waals surface area (Å²) in [5.74, 6) is 0.799. The van der Waals surface area contributed by atoms with E-state index in [0.29, 0.717) is 23.8 Å². The number of aromatic amines is 1. The number of morpholine rings is 1. The molecule has 1 aromatic carbocycles. The topological polar surface area (TPSA) is 123 Å². The van der Waals surface area contributed by atoms with Crippen molar-refractivity contribution in [3.63, 3.8) is 0 Å². The molecule has 3 aromatic heterocycles. The summed E-state index contributed by atoms with van der Waals surface area (Å²) in [5, 5.41) is 7.94. The Morgan fingerprint density at radius 3 is 2.78 bits per heavy atom. The van der Waals surface area contributed by atoms with Gasteiger partial charge in [0.05, 0.1) is 35.2 Å². The van der Waals surface area contributed by atoms with E-state index in [2.05, 4.69) is 24.4 Å². The molecule has 0 bridgehead atoms. The van der Waals surface area contributed by atoms with Crippen molar-refractivity contribution in [2.75, 3.05) is 44.1 Å². The van der Waals surface area contributed by atoms with Crippen LogP contribution in [0.3, 0.4) is 0 Å². The molecule has 1 aliphatic heterocycles. The number of carbonyl (C=O) groups excluding carboxylic acids is 1. The van der Waals surface area contributed by atoms with Crippen molar-refractivity contribution in [2.24, 2.45) is 4.36 Å². The fourth-order valence-corrected chi connectivity index (χ4v) is 5.28. The predicted molar refractivity (Wildman–Crippen MR) is 137 cm³/mol. The van der Waals surface area contributed by atoms with Crippen molar-refractivity contribution in [3.8, 4) is 22.5 Å². The molecule has 4 heterocycles. The lowest BCUT2D eigenvalue weighted by Gasteiger charge is -2.28. The molecule has 186 valence electrons. The van der Waals surface area contributed by atoms with Crippen molar-refractivity contribution in [3.05, 3.63) is 54.9 Å². The lowest BCUT2D eigenvalue weighted by Crippen LogP contribution is -2.36. The predicted octanol–water partition coefficient (Wildman–Crippen LogP) is 4.14. The highest BCUT2D eigenvalue weighted by molar-refractivity contribution is 7.93. The van der Waals surface area contributed by atoms with Gasteiger partial charge >= 0.3 is 6.09 Å². The normalized spacial score (nSPS) is 15.4. The zero-order chi connectivity index (χ0) is 25.1. The van der Waals surface area contributed by atoms with Gasteiger partial charge in [0.25, 0.3) is 0 Å². The number of fused-ring (bicyclic) bond motifs is 1. The van der Waals surface area contributed by atoms with Gasteiger partial charge in [-0.15, -0.1) is 4.36 Å². The fourth-order valence-electron chi connectivity index (χ4n) is 4.16. The minimum Gasteiger partial charge on any atom is -0.448 e. The van der Waals surface area contributed by atoms with Gasteiger partial charge < -0.3 is 14.4 Å². The number of nitrogens with zero attached hydrogens (tertiary/aromatic N) is 5. The summed E-state index contributed by atoms with van der Waals surface area (Å²) >= 11 is 0. The summed E-state index contributed by atoms with van der Waals surface area (Å²) < 4.78 is 27.5. The number of hydrogen-bond acceptors (Lipinski definition) is 8. The monoisotopic (exact) mass is 506 g/mol. The van der Waals surface area contributed by atoms with Crippen LogP contribution in [0.1, 0.15) is 6.92 Å². The number of aromatic nitrogens is 4. The Labute approximate surface area is 208 Å². The first kappa shape index (κ1) is 23.9. The van der Waals surface area contributed by atoms with E-state index < -0.39 is 15.8 Å². The Kier molecular flexibility index (Phi) is 6.66. The molecular formula is C25H26N6O4S. The average Bonchev–Trinajstić information content (AvgIpc) is 3.43. The molecule has 1 amide bonds. The number of H-pyrrole nitrogens is 1. The molecule has 0 saturated carbocycles. The summed E-state index contributed by atoms with van der Waals surface area (Å²) in [6.45, 7) is 4.53. The molecule has 1 atom stereocenters. The smallest absolute Gasteiger partial charge is 0.442 e. The Bertz CT molecular complexity index is 1520. The van der Waals surface area contributed by atoms with Crippen LogP contribution in [0, 0.1) is 0 Å². The van der Waals surface area contributed by atoms with Gasteiger partial charge in [0, 0.05) is 42.0 Å². The molecule has 36 heavy (non-hydrogen) atoms. The van der Waals surface area contributed by atoms with Gasteiger partial charge in [-0.3, -0.25) is 10.1 Å². The standard InChI is InChI=1S/C25H26N6O4S/c1-3-35-25(32)30-36(2,33)18-6-4-5-17(15-18)20-16-22(31-11-13-34-14-12-31)28-23-19(20)7-9-26-24(23)21-8-10-27-29-21/h4-10,15-16H,3,11-14H2,1-2H3,(H,27,29). The maximum Gasteiger partial charge on any atom is 0.442 e. The third-order valence-corrected chi connectivity index (χ3v) is 7.53. The number of nitrogens with one attached hydrogen (secondary N) is 1. The lowest BCUT2D eigenvalue weighted by molar-refractivity contribution is 0.122. The van der Waals surface area contributed by atoms with Crippen LogP contribution >= 0.6 is 0 Å². The minimum absolute atomic E-state index is 0.165. The first-order valence-electron chi connectivity index (χ1n) is 11.6. The average molecular weight is 507 g/mol. The first-order chi connectivity index (χ1) is 17.5.